The summed E-state index contributed by atoms with van der Waals surface area (Å²) in [5.74, 6) is -1.000. The Morgan fingerprint density at radius 2 is 1.60 bits per heavy atom. The number of hydrogen-bond donors (Lipinski definition) is 2. The molecule has 3 saturated heterocycles. The number of piperazine rings is 1. The summed E-state index contributed by atoms with van der Waals surface area (Å²) >= 11 is 0. The first-order valence-electron chi connectivity index (χ1n) is 16.4. The number of benzene rings is 1. The number of carbonyl (C=O) groups is 2. The van der Waals surface area contributed by atoms with Crippen LogP contribution in [0, 0.1) is 0 Å². The molecule has 2 atom stereocenters. The van der Waals surface area contributed by atoms with Crippen molar-refractivity contribution in [2.24, 2.45) is 0 Å². The van der Waals surface area contributed by atoms with Gasteiger partial charge in [-0.1, -0.05) is 6.07 Å². The quantitative estimate of drug-likeness (QED) is 0.427. The van der Waals surface area contributed by atoms with Crippen LogP contribution in [-0.2, 0) is 16.6 Å². The van der Waals surface area contributed by atoms with Gasteiger partial charge in [-0.25, -0.2) is 0 Å². The van der Waals surface area contributed by atoms with E-state index in [1.165, 1.54) is 11.0 Å². The number of carbonyl (C=O) groups excluding carboxylic acids is 2. The van der Waals surface area contributed by atoms with Gasteiger partial charge in [-0.15, -0.1) is 0 Å². The topological polar surface area (TPSA) is 92.2 Å². The van der Waals surface area contributed by atoms with Crippen molar-refractivity contribution >= 4 is 17.5 Å². The maximum Gasteiger partial charge on any atom is 0.416 e. The summed E-state index contributed by atoms with van der Waals surface area (Å²) in [5, 5.41) is 14.0. The zero-order valence-electron chi connectivity index (χ0n) is 26.4. The van der Waals surface area contributed by atoms with Gasteiger partial charge in [0, 0.05) is 63.0 Å². The average Bonchev–Trinajstić information content (AvgIpc) is 3.66. The summed E-state index contributed by atoms with van der Waals surface area (Å²) in [7, 11) is 0. The number of amides is 2. The summed E-state index contributed by atoms with van der Waals surface area (Å²) in [5.41, 5.74) is -0.753. The van der Waals surface area contributed by atoms with Crippen molar-refractivity contribution < 1.29 is 41.0 Å². The molecule has 2 amide bonds. The molecule has 0 unspecified atom stereocenters. The Labute approximate surface area is 274 Å². The van der Waals surface area contributed by atoms with Crippen LogP contribution in [0.5, 0.6) is 0 Å². The number of pyridine rings is 1. The maximum atomic E-state index is 13.1. The van der Waals surface area contributed by atoms with E-state index in [0.29, 0.717) is 51.3 Å². The second-order valence-corrected chi connectivity index (χ2v) is 13.3. The fourth-order valence-electron chi connectivity index (χ4n) is 7.91. The summed E-state index contributed by atoms with van der Waals surface area (Å²) < 4.78 is 77.3. The molecule has 2 N–H and O–H groups in total. The van der Waals surface area contributed by atoms with Gasteiger partial charge in [0.1, 0.15) is 5.60 Å². The first kappa shape index (κ1) is 34.4. The molecule has 4 fully saturated rings. The number of aromatic nitrogens is 1. The molecule has 9 nitrogen and oxygen atoms in total. The monoisotopic (exact) mass is 682 g/mol. The summed E-state index contributed by atoms with van der Waals surface area (Å²) in [4.78, 5) is 37.8. The number of fused-ring (bicyclic) bond motifs is 1. The Morgan fingerprint density at radius 1 is 0.896 bits per heavy atom. The van der Waals surface area contributed by atoms with Crippen molar-refractivity contribution in [3.8, 4) is 0 Å². The second-order valence-electron chi connectivity index (χ2n) is 13.3. The third-order valence-corrected chi connectivity index (χ3v) is 10.4. The molecule has 0 bridgehead atoms. The molecule has 1 aromatic carbocycles. The zero-order chi connectivity index (χ0) is 34.3. The van der Waals surface area contributed by atoms with Crippen molar-refractivity contribution in [2.75, 3.05) is 57.3 Å². The van der Waals surface area contributed by atoms with E-state index in [4.69, 9.17) is 0 Å². The Balaban J connectivity index is 0.975. The molecule has 3 aliphatic heterocycles. The first-order chi connectivity index (χ1) is 22.7. The summed E-state index contributed by atoms with van der Waals surface area (Å²) in [6, 6.07) is 8.19. The van der Waals surface area contributed by atoms with E-state index in [1.54, 1.807) is 11.1 Å². The Kier molecular flexibility index (Phi) is 9.66. The average molecular weight is 683 g/mol. The molecule has 0 radical (unpaired) electrons. The minimum absolute atomic E-state index is 0.00619. The predicted octanol–water partition coefficient (Wildman–Crippen LogP) is 4.02. The molecule has 6 rings (SSSR count). The van der Waals surface area contributed by atoms with Gasteiger partial charge in [0.15, 0.2) is 0 Å². The van der Waals surface area contributed by atoms with Crippen molar-refractivity contribution in [1.82, 2.24) is 25.0 Å². The number of hydrogen-bond acceptors (Lipinski definition) is 7. The largest absolute Gasteiger partial charge is 0.416 e. The SMILES string of the molecule is O=C(NCC(=O)N1CC[C@@H]2[C@H]1CCN2C1CCC(O)(c2ccc(N3CCN(CC(F)(F)F)CC3)cn2)CC1)c1cccc(C(F)(F)F)c1. The fraction of sp³-hybridized carbons (Fsp3) is 0.606. The van der Waals surface area contributed by atoms with Crippen LogP contribution in [0.15, 0.2) is 42.6 Å². The Hall–Kier alpha value is -3.43. The van der Waals surface area contributed by atoms with Gasteiger partial charge in [0.25, 0.3) is 5.91 Å². The lowest BCUT2D eigenvalue weighted by atomic mass is 9.79. The van der Waals surface area contributed by atoms with E-state index in [9.17, 15) is 41.0 Å². The van der Waals surface area contributed by atoms with Gasteiger partial charge in [-0.05, 0) is 68.9 Å². The third-order valence-electron chi connectivity index (χ3n) is 10.4. The zero-order valence-corrected chi connectivity index (χ0v) is 26.4. The highest BCUT2D eigenvalue weighted by Gasteiger charge is 2.48. The van der Waals surface area contributed by atoms with E-state index in [1.807, 2.05) is 17.0 Å². The molecule has 0 spiro atoms. The number of alkyl halides is 6. The normalized spacial score (nSPS) is 27.3. The second kappa shape index (κ2) is 13.5. The highest BCUT2D eigenvalue weighted by molar-refractivity contribution is 5.96. The number of halogens is 6. The van der Waals surface area contributed by atoms with E-state index < -0.39 is 36.0 Å². The summed E-state index contributed by atoms with van der Waals surface area (Å²) in [6.07, 6.45) is -2.96. The number of nitrogens with zero attached hydrogens (tertiary/aromatic N) is 5. The molecule has 15 heteroatoms. The Morgan fingerprint density at radius 3 is 2.25 bits per heavy atom. The van der Waals surface area contributed by atoms with Gasteiger partial charge in [-0.3, -0.25) is 24.4 Å². The molecular weight excluding hydrogens is 642 g/mol. The lowest BCUT2D eigenvalue weighted by molar-refractivity contribution is -0.146. The van der Waals surface area contributed by atoms with Gasteiger partial charge in [0.05, 0.1) is 36.2 Å². The van der Waals surface area contributed by atoms with Crippen molar-refractivity contribution in [3.05, 3.63) is 59.4 Å². The standard InChI is InChI=1S/C33H40F6N6O3/c34-32(35,36)21-42-14-16-43(17-15-42)25-4-5-28(40-19-25)31(48)10-6-24(7-11-31)44-12-8-27-26(44)9-13-45(27)29(46)20-41-30(47)22-2-1-3-23(18-22)33(37,38)39/h1-5,18-19,24,26-27,48H,6-17,20-21H2,(H,41,47)/t24?,26-,27-,31?/m1/s1. The number of anilines is 1. The molecule has 48 heavy (non-hydrogen) atoms. The fourth-order valence-corrected chi connectivity index (χ4v) is 7.91. The summed E-state index contributed by atoms with van der Waals surface area (Å²) in [6.45, 7) is 1.71. The van der Waals surface area contributed by atoms with E-state index in [0.717, 1.165) is 56.1 Å². The number of nitrogens with one attached hydrogen (secondary N) is 1. The van der Waals surface area contributed by atoms with E-state index in [2.05, 4.69) is 15.2 Å². The van der Waals surface area contributed by atoms with Crippen LogP contribution < -0.4 is 10.2 Å². The minimum atomic E-state index is -4.57. The van der Waals surface area contributed by atoms with E-state index >= 15 is 0 Å². The van der Waals surface area contributed by atoms with E-state index in [-0.39, 0.29) is 36.1 Å². The molecule has 1 saturated carbocycles. The van der Waals surface area contributed by atoms with Gasteiger partial charge >= 0.3 is 12.4 Å². The van der Waals surface area contributed by atoms with Crippen molar-refractivity contribution in [3.63, 3.8) is 0 Å². The van der Waals surface area contributed by atoms with Crippen LogP contribution in [0.4, 0.5) is 32.0 Å². The highest BCUT2D eigenvalue weighted by Crippen LogP contribution is 2.42. The molecule has 262 valence electrons. The van der Waals surface area contributed by atoms with Crippen LogP contribution in [0.2, 0.25) is 0 Å². The molecule has 1 aromatic heterocycles. The third kappa shape index (κ3) is 7.57. The van der Waals surface area contributed by atoms with Crippen molar-refractivity contribution in [1.29, 1.82) is 0 Å². The van der Waals surface area contributed by atoms with Crippen LogP contribution in [0.1, 0.15) is 60.1 Å². The Bertz CT molecular complexity index is 1460. The smallest absolute Gasteiger partial charge is 0.384 e. The first-order valence-corrected chi connectivity index (χ1v) is 16.4. The van der Waals surface area contributed by atoms with Crippen LogP contribution in [-0.4, -0.2) is 113 Å². The van der Waals surface area contributed by atoms with Gasteiger partial charge < -0.3 is 20.2 Å². The van der Waals surface area contributed by atoms with Gasteiger partial charge in [-0.2, -0.15) is 26.3 Å². The molecule has 4 aliphatic rings. The van der Waals surface area contributed by atoms with Crippen LogP contribution in [0.25, 0.3) is 0 Å². The number of rotatable bonds is 7. The number of likely N-dealkylation sites (tertiary alicyclic amines) is 2. The van der Waals surface area contributed by atoms with Crippen LogP contribution in [0.3, 0.4) is 0 Å². The molecular formula is C33H40F6N6O3. The van der Waals surface area contributed by atoms with Crippen LogP contribution >= 0.6 is 0 Å². The molecule has 1 aliphatic carbocycles. The minimum Gasteiger partial charge on any atom is -0.384 e. The molecule has 2 aromatic rings. The predicted molar refractivity (Wildman–Crippen MR) is 164 cm³/mol. The van der Waals surface area contributed by atoms with Crippen molar-refractivity contribution in [2.45, 2.75) is 74.6 Å². The lowest BCUT2D eigenvalue weighted by Gasteiger charge is -2.41. The maximum absolute atomic E-state index is 13.1. The highest BCUT2D eigenvalue weighted by atomic mass is 19.4. The molecule has 4 heterocycles. The lowest BCUT2D eigenvalue weighted by Crippen LogP contribution is -2.49. The van der Waals surface area contributed by atoms with Gasteiger partial charge in [0.2, 0.25) is 5.91 Å². The number of aliphatic hydroxyl groups is 1.